The number of anilines is 1. The van der Waals surface area contributed by atoms with Crippen LogP contribution >= 0.6 is 0 Å². The number of carbonyl (C=O) groups is 1. The van der Waals surface area contributed by atoms with Crippen LogP contribution in [-0.2, 0) is 14.8 Å². The number of nitrogens with one attached hydrogen (secondary N) is 3. The summed E-state index contributed by atoms with van der Waals surface area (Å²) in [6.45, 7) is 0.681. The third kappa shape index (κ3) is 3.36. The molecule has 1 aliphatic heterocycles. The Labute approximate surface area is 124 Å². The third-order valence-electron chi connectivity index (χ3n) is 3.69. The van der Waals surface area contributed by atoms with Gasteiger partial charge in [0, 0.05) is 12.6 Å². The van der Waals surface area contributed by atoms with Crippen LogP contribution in [0.3, 0.4) is 0 Å². The van der Waals surface area contributed by atoms with E-state index in [0.29, 0.717) is 18.7 Å². The zero-order valence-corrected chi connectivity index (χ0v) is 12.4. The van der Waals surface area contributed by atoms with Crippen molar-refractivity contribution in [2.24, 2.45) is 0 Å². The first-order chi connectivity index (χ1) is 10.1. The zero-order chi connectivity index (χ0) is 14.9. The van der Waals surface area contributed by atoms with Gasteiger partial charge in [-0.2, -0.15) is 0 Å². The number of amides is 1. The summed E-state index contributed by atoms with van der Waals surface area (Å²) in [6.07, 6.45) is 3.37. The van der Waals surface area contributed by atoms with Gasteiger partial charge in [0.1, 0.15) is 10.9 Å². The van der Waals surface area contributed by atoms with Crippen molar-refractivity contribution in [3.63, 3.8) is 0 Å². The maximum atomic E-state index is 12.4. The second kappa shape index (κ2) is 5.65. The molecule has 2 fully saturated rings. The average Bonchev–Trinajstić information content (AvgIpc) is 3.25. The number of rotatable bonds is 5. The van der Waals surface area contributed by atoms with E-state index in [9.17, 15) is 13.2 Å². The Bertz CT molecular complexity index is 641. The lowest BCUT2D eigenvalue weighted by atomic mass is 10.1. The van der Waals surface area contributed by atoms with Gasteiger partial charge < -0.3 is 10.6 Å². The van der Waals surface area contributed by atoms with Gasteiger partial charge in [-0.3, -0.25) is 4.79 Å². The standard InChI is InChI=1S/C14H19N3O3S/c18-14-12(5-3-9-15-14)16-11-4-1-2-6-13(11)21(19,20)17-10-7-8-10/h1-2,4,6,10,12,16-17H,3,5,7-9H2,(H,15,18). The minimum Gasteiger partial charge on any atom is -0.373 e. The number of hydrogen-bond donors (Lipinski definition) is 3. The highest BCUT2D eigenvalue weighted by molar-refractivity contribution is 7.89. The van der Waals surface area contributed by atoms with Gasteiger partial charge in [-0.05, 0) is 37.8 Å². The Kier molecular flexibility index (Phi) is 3.86. The molecule has 21 heavy (non-hydrogen) atoms. The van der Waals surface area contributed by atoms with Gasteiger partial charge >= 0.3 is 0 Å². The molecular weight excluding hydrogens is 290 g/mol. The monoisotopic (exact) mass is 309 g/mol. The van der Waals surface area contributed by atoms with Crippen LogP contribution in [0.25, 0.3) is 0 Å². The zero-order valence-electron chi connectivity index (χ0n) is 11.6. The van der Waals surface area contributed by atoms with Crippen LogP contribution in [0.15, 0.2) is 29.2 Å². The van der Waals surface area contributed by atoms with Crippen LogP contribution in [-0.4, -0.2) is 33.0 Å². The number of hydrogen-bond acceptors (Lipinski definition) is 4. The van der Waals surface area contributed by atoms with Crippen LogP contribution in [0.1, 0.15) is 25.7 Å². The minimum atomic E-state index is -3.54. The van der Waals surface area contributed by atoms with Crippen molar-refractivity contribution in [2.75, 3.05) is 11.9 Å². The molecule has 114 valence electrons. The maximum Gasteiger partial charge on any atom is 0.242 e. The number of carbonyl (C=O) groups excluding carboxylic acids is 1. The molecule has 1 amide bonds. The highest BCUT2D eigenvalue weighted by Crippen LogP contribution is 2.26. The molecule has 0 aromatic heterocycles. The summed E-state index contributed by atoms with van der Waals surface area (Å²) in [4.78, 5) is 12.0. The van der Waals surface area contributed by atoms with Gasteiger partial charge in [-0.15, -0.1) is 0 Å². The second-order valence-corrected chi connectivity index (χ2v) is 7.20. The third-order valence-corrected chi connectivity index (χ3v) is 5.27. The summed E-state index contributed by atoms with van der Waals surface area (Å²) in [6, 6.07) is 6.39. The van der Waals surface area contributed by atoms with Crippen molar-refractivity contribution in [3.8, 4) is 0 Å². The largest absolute Gasteiger partial charge is 0.373 e. The lowest BCUT2D eigenvalue weighted by molar-refractivity contribution is -0.123. The molecule has 2 aliphatic rings. The smallest absolute Gasteiger partial charge is 0.242 e. The summed E-state index contributed by atoms with van der Waals surface area (Å²) >= 11 is 0. The Hall–Kier alpha value is -1.60. The highest BCUT2D eigenvalue weighted by atomic mass is 32.2. The summed E-state index contributed by atoms with van der Waals surface area (Å²) in [5.74, 6) is -0.0800. The first-order valence-electron chi connectivity index (χ1n) is 7.22. The predicted molar refractivity (Wildman–Crippen MR) is 79.4 cm³/mol. The van der Waals surface area contributed by atoms with Crippen molar-refractivity contribution < 1.29 is 13.2 Å². The van der Waals surface area contributed by atoms with Gasteiger partial charge in [0.05, 0.1) is 5.69 Å². The van der Waals surface area contributed by atoms with Gasteiger partial charge in [0.15, 0.2) is 0 Å². The normalized spacial score (nSPS) is 22.7. The average molecular weight is 309 g/mol. The Morgan fingerprint density at radius 3 is 2.62 bits per heavy atom. The molecule has 0 radical (unpaired) electrons. The molecule has 7 heteroatoms. The molecule has 1 aromatic rings. The molecular formula is C14H19N3O3S. The number of sulfonamides is 1. The SMILES string of the molecule is O=C1NCCCC1Nc1ccccc1S(=O)(=O)NC1CC1. The van der Waals surface area contributed by atoms with Gasteiger partial charge in [-0.1, -0.05) is 12.1 Å². The molecule has 0 spiro atoms. The molecule has 1 unspecified atom stereocenters. The number of benzene rings is 1. The van der Waals surface area contributed by atoms with E-state index in [1.165, 1.54) is 0 Å². The maximum absolute atomic E-state index is 12.4. The Morgan fingerprint density at radius 2 is 1.90 bits per heavy atom. The van der Waals surface area contributed by atoms with Crippen molar-refractivity contribution in [1.29, 1.82) is 0 Å². The van der Waals surface area contributed by atoms with E-state index in [4.69, 9.17) is 0 Å². The van der Waals surface area contributed by atoms with E-state index in [-0.39, 0.29) is 22.9 Å². The van der Waals surface area contributed by atoms with E-state index in [0.717, 1.165) is 19.3 Å². The quantitative estimate of drug-likeness (QED) is 0.751. The number of para-hydroxylation sites is 1. The van der Waals surface area contributed by atoms with E-state index in [1.807, 2.05) is 0 Å². The molecule has 1 saturated carbocycles. The van der Waals surface area contributed by atoms with Crippen molar-refractivity contribution >= 4 is 21.6 Å². The van der Waals surface area contributed by atoms with Gasteiger partial charge in [0.2, 0.25) is 15.9 Å². The molecule has 1 saturated heterocycles. The van der Waals surface area contributed by atoms with Crippen LogP contribution in [0, 0.1) is 0 Å². The molecule has 1 atom stereocenters. The topological polar surface area (TPSA) is 87.3 Å². The Balaban J connectivity index is 1.83. The van der Waals surface area contributed by atoms with Crippen molar-refractivity contribution in [1.82, 2.24) is 10.0 Å². The van der Waals surface area contributed by atoms with E-state index in [1.54, 1.807) is 24.3 Å². The molecule has 3 N–H and O–H groups in total. The van der Waals surface area contributed by atoms with E-state index in [2.05, 4.69) is 15.4 Å². The van der Waals surface area contributed by atoms with Crippen molar-refractivity contribution in [2.45, 2.75) is 42.7 Å². The van der Waals surface area contributed by atoms with Crippen molar-refractivity contribution in [3.05, 3.63) is 24.3 Å². The summed E-state index contributed by atoms with van der Waals surface area (Å²) < 4.78 is 27.4. The van der Waals surface area contributed by atoms with Crippen LogP contribution in [0.5, 0.6) is 0 Å². The van der Waals surface area contributed by atoms with Crippen LogP contribution in [0.2, 0.25) is 0 Å². The second-order valence-electron chi connectivity index (χ2n) is 5.52. The summed E-state index contributed by atoms with van der Waals surface area (Å²) in [5, 5.41) is 5.85. The molecule has 1 aliphatic carbocycles. The Morgan fingerprint density at radius 1 is 1.14 bits per heavy atom. The molecule has 3 rings (SSSR count). The number of piperidine rings is 1. The van der Waals surface area contributed by atoms with Crippen LogP contribution < -0.4 is 15.4 Å². The molecule has 1 aromatic carbocycles. The first kappa shape index (κ1) is 14.3. The van der Waals surface area contributed by atoms with Gasteiger partial charge in [0.25, 0.3) is 0 Å². The highest BCUT2D eigenvalue weighted by Gasteiger charge is 2.30. The lowest BCUT2D eigenvalue weighted by Crippen LogP contribution is -2.44. The minimum absolute atomic E-state index is 0.0565. The van der Waals surface area contributed by atoms with Crippen LogP contribution in [0.4, 0.5) is 5.69 Å². The van der Waals surface area contributed by atoms with E-state index < -0.39 is 10.0 Å². The molecule has 0 bridgehead atoms. The fraction of sp³-hybridized carbons (Fsp3) is 0.500. The molecule has 6 nitrogen and oxygen atoms in total. The summed E-state index contributed by atoms with van der Waals surface area (Å²) in [5.41, 5.74) is 0.479. The predicted octanol–water partition coefficient (Wildman–Crippen LogP) is 0.818. The molecule has 1 heterocycles. The van der Waals surface area contributed by atoms with E-state index >= 15 is 0 Å². The van der Waals surface area contributed by atoms with Gasteiger partial charge in [-0.25, -0.2) is 13.1 Å². The first-order valence-corrected chi connectivity index (χ1v) is 8.70. The fourth-order valence-electron chi connectivity index (χ4n) is 2.40. The summed E-state index contributed by atoms with van der Waals surface area (Å²) in [7, 11) is -3.54. The fourth-order valence-corrected chi connectivity index (χ4v) is 3.88. The lowest BCUT2D eigenvalue weighted by Gasteiger charge is -2.24.